The Morgan fingerprint density at radius 1 is 0.464 bits per heavy atom. The molecule has 0 aromatic rings. The van der Waals surface area contributed by atoms with Crippen LogP contribution in [-0.4, -0.2) is 241 Å². The van der Waals surface area contributed by atoms with E-state index in [2.05, 4.69) is 21.3 Å². The van der Waals surface area contributed by atoms with Crippen molar-refractivity contribution in [2.24, 2.45) is 41.4 Å². The van der Waals surface area contributed by atoms with Crippen LogP contribution in [0.2, 0.25) is 0 Å². The van der Waals surface area contributed by atoms with Gasteiger partial charge in [0.15, 0.2) is 0 Å². The molecule has 11 amide bonds. The highest BCUT2D eigenvalue weighted by Gasteiger charge is 2.46. The molecule has 12 atom stereocenters. The fourth-order valence-corrected chi connectivity index (χ4v) is 10.7. The zero-order chi connectivity index (χ0) is 65.3. The molecule has 0 radical (unpaired) electrons. The van der Waals surface area contributed by atoms with Gasteiger partial charge in [-0.1, -0.05) is 96.9 Å². The minimum atomic E-state index is -1.63. The van der Waals surface area contributed by atoms with Crippen molar-refractivity contribution < 1.29 is 62.6 Å². The lowest BCUT2D eigenvalue weighted by Gasteiger charge is -2.41. The number of methoxy groups -OCH3 is 1. The quantitative estimate of drug-likeness (QED) is 0.157. The molecule has 0 aromatic carbocycles. The van der Waals surface area contributed by atoms with Gasteiger partial charge < -0.3 is 65.4 Å². The van der Waals surface area contributed by atoms with Crippen LogP contribution >= 0.6 is 0 Å². The largest absolute Gasteiger partial charge is 0.390 e. The van der Waals surface area contributed by atoms with E-state index in [-0.39, 0.29) is 56.5 Å². The van der Waals surface area contributed by atoms with Crippen LogP contribution < -0.4 is 21.3 Å². The van der Waals surface area contributed by atoms with Crippen LogP contribution in [-0.2, 0) is 57.5 Å². The molecule has 482 valence electrons. The summed E-state index contributed by atoms with van der Waals surface area (Å²) in [5, 5.41) is 23.0. The van der Waals surface area contributed by atoms with Crippen LogP contribution in [0.5, 0.6) is 0 Å². The van der Waals surface area contributed by atoms with Crippen molar-refractivity contribution in [3.63, 3.8) is 0 Å². The van der Waals surface area contributed by atoms with Crippen molar-refractivity contribution >= 4 is 65.0 Å². The van der Waals surface area contributed by atoms with Crippen molar-refractivity contribution in [2.75, 3.05) is 69.6 Å². The molecule has 84 heavy (non-hydrogen) atoms. The fourth-order valence-electron chi connectivity index (χ4n) is 10.7. The standard InChI is InChI=1S/C60H109N11O13/c1-25-41-56(79)65(17)31-45(72)69(21)47(36(10)11)53(76)64-46(35(8)9)59(82)66(18)42(28-32(2)3)52(75)61-39(15)51(74)62-40(16)55(78)67(19)43(29-33(4)5)57(80)68(20)44(30-34(6)7)58(81)70(22)48(37(12)13)60(83)71(23)49(54(77)63-41)50(73)38(14)26-27-84-24/h32-44,46-50,73H,25-31H2,1-24H3,(H,61,75)(H,62,74)(H,63,77)(H,64,76)/t38-,39+,40-,41+,42+,43+,44+,46+,47+,48+,49+,50-/m1/s1. The Morgan fingerprint density at radius 2 is 0.893 bits per heavy atom. The second-order valence-corrected chi connectivity index (χ2v) is 25.6. The van der Waals surface area contributed by atoms with Gasteiger partial charge >= 0.3 is 0 Å². The lowest BCUT2D eigenvalue weighted by atomic mass is 9.91. The number of rotatable bonds is 15. The van der Waals surface area contributed by atoms with Crippen molar-refractivity contribution in [1.82, 2.24) is 55.6 Å². The van der Waals surface area contributed by atoms with E-state index >= 15 is 9.59 Å². The fraction of sp³-hybridized carbons (Fsp3) is 0.817. The third-order valence-electron chi connectivity index (χ3n) is 16.0. The minimum Gasteiger partial charge on any atom is -0.390 e. The zero-order valence-electron chi connectivity index (χ0n) is 55.3. The van der Waals surface area contributed by atoms with Crippen molar-refractivity contribution in [1.29, 1.82) is 0 Å². The summed E-state index contributed by atoms with van der Waals surface area (Å²) < 4.78 is 5.28. The number of nitrogens with one attached hydrogen (secondary N) is 4. The molecule has 0 aliphatic carbocycles. The molecule has 0 bridgehead atoms. The number of likely N-dealkylation sites (N-methyl/N-ethyl adjacent to an activating group) is 7. The zero-order valence-corrected chi connectivity index (χ0v) is 55.3. The molecular weight excluding hydrogens is 1080 g/mol. The van der Waals surface area contributed by atoms with E-state index in [0.717, 1.165) is 9.80 Å². The van der Waals surface area contributed by atoms with Gasteiger partial charge in [-0.15, -0.1) is 0 Å². The van der Waals surface area contributed by atoms with Crippen LogP contribution in [0.25, 0.3) is 0 Å². The Morgan fingerprint density at radius 3 is 1.35 bits per heavy atom. The van der Waals surface area contributed by atoms with Gasteiger partial charge in [-0.05, 0) is 87.4 Å². The van der Waals surface area contributed by atoms with Gasteiger partial charge in [-0.3, -0.25) is 52.7 Å². The first-order chi connectivity index (χ1) is 38.7. The maximum atomic E-state index is 15.1. The first kappa shape index (κ1) is 76.1. The number of nitrogens with zero attached hydrogens (tertiary/aromatic N) is 7. The average molecular weight is 1190 g/mol. The first-order valence-electron chi connectivity index (χ1n) is 30.0. The maximum Gasteiger partial charge on any atom is 0.246 e. The summed E-state index contributed by atoms with van der Waals surface area (Å²) in [5.74, 6) is -10.3. The van der Waals surface area contributed by atoms with E-state index in [1.807, 2.05) is 41.5 Å². The molecular formula is C60H109N11O13. The summed E-state index contributed by atoms with van der Waals surface area (Å²) in [4.78, 5) is 168. The number of hydrogen-bond acceptors (Lipinski definition) is 13. The van der Waals surface area contributed by atoms with Crippen LogP contribution in [0.15, 0.2) is 0 Å². The Balaban J connectivity index is 4.29. The summed E-state index contributed by atoms with van der Waals surface area (Å²) in [6, 6.07) is -12.4. The number of amides is 11. The summed E-state index contributed by atoms with van der Waals surface area (Å²) in [7, 11) is 11.3. The molecule has 1 heterocycles. The molecule has 0 saturated carbocycles. The third-order valence-corrected chi connectivity index (χ3v) is 16.0. The lowest BCUT2D eigenvalue weighted by molar-refractivity contribution is -0.157. The van der Waals surface area contributed by atoms with Crippen molar-refractivity contribution in [3.8, 4) is 0 Å². The van der Waals surface area contributed by atoms with Gasteiger partial charge in [-0.2, -0.15) is 0 Å². The smallest absolute Gasteiger partial charge is 0.246 e. The summed E-state index contributed by atoms with van der Waals surface area (Å²) in [5.41, 5.74) is 0. The number of hydrogen-bond donors (Lipinski definition) is 5. The van der Waals surface area contributed by atoms with Crippen molar-refractivity contribution in [2.45, 2.75) is 209 Å². The minimum absolute atomic E-state index is 0.0127. The number of carbonyl (C=O) groups is 11. The normalized spacial score (nSPS) is 27.0. The molecule has 1 aliphatic heterocycles. The molecule has 0 aromatic heterocycles. The highest BCUT2D eigenvalue weighted by molar-refractivity contribution is 5.99. The molecule has 5 N–H and O–H groups in total. The van der Waals surface area contributed by atoms with Crippen molar-refractivity contribution in [3.05, 3.63) is 0 Å². The van der Waals surface area contributed by atoms with E-state index in [0.29, 0.717) is 0 Å². The molecule has 1 aliphatic rings. The SMILES string of the molecule is CC[C@@H]1NC(=O)[C@H]([C@H](O)[C@H](C)CCOC)N(C)C(=O)[C@H](C(C)C)N(C)C(=O)[C@H](CC(C)C)N(C)C(=O)[C@H](CC(C)C)N(C)C(=O)[C@@H](C)NC(=O)[C@H](C)NC(=O)[C@H](CC(C)C)N(C)C(=O)[C@H](C(C)C)NC(=O)[C@H](C(C)C)N(C)C(=O)CN(C)C1=O. The van der Waals surface area contributed by atoms with E-state index in [1.165, 1.54) is 94.8 Å². The van der Waals surface area contributed by atoms with Gasteiger partial charge in [0.05, 0.1) is 12.6 Å². The Bertz CT molecular complexity index is 2260. The van der Waals surface area contributed by atoms with Gasteiger partial charge in [0, 0.05) is 63.1 Å². The molecule has 1 fully saturated rings. The Labute approximate surface area is 501 Å². The predicted molar refractivity (Wildman–Crippen MR) is 321 cm³/mol. The molecule has 24 nitrogen and oxygen atoms in total. The first-order valence-corrected chi connectivity index (χ1v) is 30.0. The average Bonchev–Trinajstić information content (AvgIpc) is 3.47. The topological polar surface area (TPSA) is 288 Å². The summed E-state index contributed by atoms with van der Waals surface area (Å²) >= 11 is 0. The molecule has 24 heteroatoms. The molecule has 1 saturated heterocycles. The third kappa shape index (κ3) is 20.7. The van der Waals surface area contributed by atoms with E-state index in [4.69, 9.17) is 4.74 Å². The van der Waals surface area contributed by atoms with Gasteiger partial charge in [0.25, 0.3) is 0 Å². The maximum absolute atomic E-state index is 15.1. The number of ether oxygens (including phenoxy) is 1. The van der Waals surface area contributed by atoms with Crippen LogP contribution in [0, 0.1) is 41.4 Å². The Hall–Kier alpha value is -5.91. The summed E-state index contributed by atoms with van der Waals surface area (Å²) in [6.45, 7) is 27.3. The van der Waals surface area contributed by atoms with E-state index < -0.39 is 162 Å². The molecule has 0 spiro atoms. The van der Waals surface area contributed by atoms with Gasteiger partial charge in [-0.25, -0.2) is 0 Å². The highest BCUT2D eigenvalue weighted by atomic mass is 16.5. The van der Waals surface area contributed by atoms with Crippen LogP contribution in [0.1, 0.15) is 143 Å². The Kier molecular flexibility index (Phi) is 31.1. The number of carbonyl (C=O) groups excluding carboxylic acids is 11. The predicted octanol–water partition coefficient (Wildman–Crippen LogP) is 1.95. The van der Waals surface area contributed by atoms with E-state index in [1.54, 1.807) is 55.4 Å². The highest BCUT2D eigenvalue weighted by Crippen LogP contribution is 2.25. The number of aliphatic hydroxyl groups is 1. The van der Waals surface area contributed by atoms with Gasteiger partial charge in [0.2, 0.25) is 65.0 Å². The summed E-state index contributed by atoms with van der Waals surface area (Å²) in [6.07, 6.45) is -0.799. The second kappa shape index (κ2) is 34.3. The monoisotopic (exact) mass is 1190 g/mol. The van der Waals surface area contributed by atoms with Crippen LogP contribution in [0.3, 0.4) is 0 Å². The molecule has 1 rings (SSSR count). The van der Waals surface area contributed by atoms with E-state index in [9.17, 15) is 48.3 Å². The number of aliphatic hydroxyl groups excluding tert-OH is 1. The molecule has 0 unspecified atom stereocenters. The lowest BCUT2D eigenvalue weighted by Crippen LogP contribution is -2.63. The van der Waals surface area contributed by atoms with Gasteiger partial charge in [0.1, 0.15) is 60.4 Å². The second-order valence-electron chi connectivity index (χ2n) is 25.6. The van der Waals surface area contributed by atoms with Crippen LogP contribution in [0.4, 0.5) is 0 Å².